The lowest BCUT2D eigenvalue weighted by atomic mass is 10.1. The van der Waals surface area contributed by atoms with E-state index in [0.29, 0.717) is 29.5 Å². The van der Waals surface area contributed by atoms with E-state index >= 15 is 0 Å². The Hall–Kier alpha value is -3.13. The molecule has 0 spiro atoms. The molecule has 3 aromatic rings. The predicted molar refractivity (Wildman–Crippen MR) is 143 cm³/mol. The van der Waals surface area contributed by atoms with Crippen molar-refractivity contribution in [2.24, 2.45) is 0 Å². The fourth-order valence-corrected chi connectivity index (χ4v) is 4.92. The van der Waals surface area contributed by atoms with Crippen molar-refractivity contribution in [1.29, 1.82) is 0 Å². The second-order valence-corrected chi connectivity index (χ2v) is 9.12. The van der Waals surface area contributed by atoms with Gasteiger partial charge >= 0.3 is 0 Å². The van der Waals surface area contributed by atoms with Crippen molar-refractivity contribution in [3.63, 3.8) is 0 Å². The molecule has 1 atom stereocenters. The quantitative estimate of drug-likeness (QED) is 0.320. The molecule has 1 N–H and O–H groups in total. The summed E-state index contributed by atoms with van der Waals surface area (Å²) in [5.41, 5.74) is 1.94. The third kappa shape index (κ3) is 5.42. The van der Waals surface area contributed by atoms with Gasteiger partial charge in [-0.3, -0.25) is 9.59 Å². The molecule has 1 aliphatic heterocycles. The van der Waals surface area contributed by atoms with Gasteiger partial charge in [0.1, 0.15) is 11.8 Å². The molecule has 4 rings (SSSR count). The summed E-state index contributed by atoms with van der Waals surface area (Å²) >= 11 is 18.4. The molecule has 1 unspecified atom stereocenters. The number of amides is 2. The normalized spacial score (nSPS) is 15.3. The molecule has 35 heavy (non-hydrogen) atoms. The lowest BCUT2D eigenvalue weighted by molar-refractivity contribution is -0.122. The van der Waals surface area contributed by atoms with Gasteiger partial charge in [0.2, 0.25) is 5.91 Å². The Balaban J connectivity index is 1.64. The van der Waals surface area contributed by atoms with Gasteiger partial charge in [-0.2, -0.15) is 0 Å². The number of halogens is 2. The van der Waals surface area contributed by atoms with Gasteiger partial charge in [0.05, 0.1) is 35.0 Å². The summed E-state index contributed by atoms with van der Waals surface area (Å²) in [7, 11) is 1.57. The SMILES string of the molecule is COc1ccccc1NC(=S)N(CCc1ccccc1)C1CC(=O)N(c2c(Cl)cccc2Cl)C1=O. The molecule has 0 aliphatic carbocycles. The van der Waals surface area contributed by atoms with Crippen LogP contribution in [0.1, 0.15) is 12.0 Å². The molecule has 3 aromatic carbocycles. The van der Waals surface area contributed by atoms with E-state index in [1.54, 1.807) is 30.2 Å². The molecule has 1 fully saturated rings. The van der Waals surface area contributed by atoms with E-state index in [0.717, 1.165) is 10.5 Å². The van der Waals surface area contributed by atoms with Gasteiger partial charge in [0.25, 0.3) is 5.91 Å². The Morgan fingerprint density at radius 3 is 2.37 bits per heavy atom. The van der Waals surface area contributed by atoms with Crippen molar-refractivity contribution < 1.29 is 14.3 Å². The highest BCUT2D eigenvalue weighted by atomic mass is 35.5. The number of nitrogens with one attached hydrogen (secondary N) is 1. The zero-order valence-corrected chi connectivity index (χ0v) is 21.2. The van der Waals surface area contributed by atoms with Crippen LogP contribution in [0, 0.1) is 0 Å². The highest BCUT2D eigenvalue weighted by Crippen LogP contribution is 2.37. The molecule has 1 aliphatic rings. The van der Waals surface area contributed by atoms with E-state index in [-0.39, 0.29) is 28.1 Å². The second kappa shape index (κ2) is 11.1. The number of imide groups is 1. The summed E-state index contributed by atoms with van der Waals surface area (Å²) in [5.74, 6) is -0.210. The number of methoxy groups -OCH3 is 1. The van der Waals surface area contributed by atoms with E-state index in [2.05, 4.69) is 5.32 Å². The van der Waals surface area contributed by atoms with Crippen molar-refractivity contribution in [3.8, 4) is 5.75 Å². The van der Waals surface area contributed by atoms with Gasteiger partial charge in [-0.25, -0.2) is 4.90 Å². The topological polar surface area (TPSA) is 61.9 Å². The standard InChI is InChI=1S/C26H23Cl2N3O3S/c1-34-22-13-6-5-12-20(22)29-26(35)30(15-14-17-8-3-2-4-9-17)21-16-23(32)31(25(21)33)24-18(27)10-7-11-19(24)28/h2-13,21H,14-16H2,1H3,(H,29,35). The minimum absolute atomic E-state index is 0.0527. The maximum absolute atomic E-state index is 13.6. The van der Waals surface area contributed by atoms with Crippen LogP contribution in [0.5, 0.6) is 5.75 Å². The lowest BCUT2D eigenvalue weighted by Crippen LogP contribution is -2.48. The van der Waals surface area contributed by atoms with Gasteiger partial charge in [-0.05, 0) is 48.5 Å². The van der Waals surface area contributed by atoms with Gasteiger partial charge in [-0.1, -0.05) is 71.7 Å². The fraction of sp³-hybridized carbons (Fsp3) is 0.192. The van der Waals surface area contributed by atoms with Crippen LogP contribution in [0.3, 0.4) is 0 Å². The van der Waals surface area contributed by atoms with Gasteiger partial charge < -0.3 is 15.0 Å². The van der Waals surface area contributed by atoms with E-state index in [9.17, 15) is 9.59 Å². The number of anilines is 2. The monoisotopic (exact) mass is 527 g/mol. The van der Waals surface area contributed by atoms with Crippen molar-refractivity contribution in [2.45, 2.75) is 18.9 Å². The summed E-state index contributed by atoms with van der Waals surface area (Å²) in [5, 5.41) is 3.95. The molecular formula is C26H23Cl2N3O3S. The zero-order valence-electron chi connectivity index (χ0n) is 18.9. The van der Waals surface area contributed by atoms with E-state index < -0.39 is 11.9 Å². The minimum Gasteiger partial charge on any atom is -0.495 e. The molecule has 0 saturated carbocycles. The third-order valence-electron chi connectivity index (χ3n) is 5.75. The Morgan fingerprint density at radius 2 is 1.69 bits per heavy atom. The smallest absolute Gasteiger partial charge is 0.257 e. The number of para-hydroxylation sites is 3. The Bertz CT molecular complexity index is 1240. The Labute approximate surface area is 219 Å². The number of carbonyl (C=O) groups is 2. The van der Waals surface area contributed by atoms with Crippen LogP contribution >= 0.6 is 35.4 Å². The lowest BCUT2D eigenvalue weighted by Gasteiger charge is -2.30. The van der Waals surface area contributed by atoms with Gasteiger partial charge in [0.15, 0.2) is 5.11 Å². The largest absolute Gasteiger partial charge is 0.495 e. The van der Waals surface area contributed by atoms with Crippen LogP contribution in [0.4, 0.5) is 11.4 Å². The van der Waals surface area contributed by atoms with Crippen LogP contribution < -0.4 is 15.0 Å². The molecule has 9 heteroatoms. The number of hydrogen-bond donors (Lipinski definition) is 1. The molecule has 0 aromatic heterocycles. The first-order chi connectivity index (χ1) is 16.9. The number of hydrogen-bond acceptors (Lipinski definition) is 4. The van der Waals surface area contributed by atoms with Crippen molar-refractivity contribution >= 4 is 63.7 Å². The van der Waals surface area contributed by atoms with Gasteiger partial charge in [0, 0.05) is 6.54 Å². The first-order valence-electron chi connectivity index (χ1n) is 11.0. The van der Waals surface area contributed by atoms with Crippen LogP contribution in [-0.4, -0.2) is 41.5 Å². The average molecular weight is 528 g/mol. The van der Waals surface area contributed by atoms with Crippen LogP contribution in [-0.2, 0) is 16.0 Å². The van der Waals surface area contributed by atoms with Crippen LogP contribution in [0.15, 0.2) is 72.8 Å². The zero-order chi connectivity index (χ0) is 24.9. The highest BCUT2D eigenvalue weighted by Gasteiger charge is 2.45. The van der Waals surface area contributed by atoms with Crippen LogP contribution in [0.25, 0.3) is 0 Å². The van der Waals surface area contributed by atoms with E-state index in [4.69, 9.17) is 40.2 Å². The van der Waals surface area contributed by atoms with Crippen LogP contribution in [0.2, 0.25) is 10.0 Å². The summed E-state index contributed by atoms with van der Waals surface area (Å²) in [4.78, 5) is 29.4. The second-order valence-electron chi connectivity index (χ2n) is 7.92. The molecule has 1 heterocycles. The highest BCUT2D eigenvalue weighted by molar-refractivity contribution is 7.80. The summed E-state index contributed by atoms with van der Waals surface area (Å²) in [6.45, 7) is 0.415. The minimum atomic E-state index is -0.812. The first-order valence-corrected chi connectivity index (χ1v) is 12.1. The van der Waals surface area contributed by atoms with Crippen molar-refractivity contribution in [3.05, 3.63) is 88.4 Å². The average Bonchev–Trinajstić information content (AvgIpc) is 3.14. The molecule has 6 nitrogen and oxygen atoms in total. The molecule has 180 valence electrons. The number of carbonyl (C=O) groups excluding carboxylic acids is 2. The number of benzene rings is 3. The Morgan fingerprint density at radius 1 is 1.03 bits per heavy atom. The molecule has 2 amide bonds. The number of ether oxygens (including phenoxy) is 1. The van der Waals surface area contributed by atoms with E-state index in [1.807, 2.05) is 54.6 Å². The predicted octanol–water partition coefficient (Wildman–Crippen LogP) is 5.58. The van der Waals surface area contributed by atoms with Crippen molar-refractivity contribution in [1.82, 2.24) is 4.90 Å². The Kier molecular flexibility index (Phi) is 7.90. The summed E-state index contributed by atoms with van der Waals surface area (Å²) in [6, 6.07) is 21.3. The van der Waals surface area contributed by atoms with Gasteiger partial charge in [-0.15, -0.1) is 0 Å². The number of rotatable bonds is 7. The molecule has 1 saturated heterocycles. The maximum atomic E-state index is 13.6. The molecular weight excluding hydrogens is 505 g/mol. The maximum Gasteiger partial charge on any atom is 0.257 e. The summed E-state index contributed by atoms with van der Waals surface area (Å²) < 4.78 is 5.42. The third-order valence-corrected chi connectivity index (χ3v) is 6.70. The number of nitrogens with zero attached hydrogens (tertiary/aromatic N) is 2. The first kappa shape index (κ1) is 25.0. The molecule has 0 radical (unpaired) electrons. The number of thiocarbonyl (C=S) groups is 1. The van der Waals surface area contributed by atoms with Crippen molar-refractivity contribution in [2.75, 3.05) is 23.9 Å². The van der Waals surface area contributed by atoms with E-state index in [1.165, 1.54) is 0 Å². The molecule has 0 bridgehead atoms. The fourth-order valence-electron chi connectivity index (χ4n) is 4.03. The summed E-state index contributed by atoms with van der Waals surface area (Å²) in [6.07, 6.45) is 0.572.